The summed E-state index contributed by atoms with van der Waals surface area (Å²) >= 11 is 0. The topological polar surface area (TPSA) is 233 Å². The summed E-state index contributed by atoms with van der Waals surface area (Å²) in [6, 6.07) is 11.4. The molecule has 0 amide bonds. The molecule has 416 valence electrons. The molecule has 2 aromatic carbocycles. The molecule has 21 nitrogen and oxygen atoms in total. The van der Waals surface area contributed by atoms with E-state index in [-0.39, 0.29) is 65.9 Å². The maximum atomic E-state index is 13.2. The number of halogens is 6. The quantitative estimate of drug-likeness (QED) is 0.0310. The molecule has 0 radical (unpaired) electrons. The summed E-state index contributed by atoms with van der Waals surface area (Å²) in [4.78, 5) is 61.1. The predicted molar refractivity (Wildman–Crippen MR) is 271 cm³/mol. The van der Waals surface area contributed by atoms with Crippen molar-refractivity contribution >= 4 is 48.6 Å². The van der Waals surface area contributed by atoms with Gasteiger partial charge in [-0.1, -0.05) is 65.3 Å². The maximum Gasteiger partial charge on any atom is 0.573 e. The van der Waals surface area contributed by atoms with Gasteiger partial charge < -0.3 is 28.4 Å². The summed E-state index contributed by atoms with van der Waals surface area (Å²) < 4.78 is 137. The normalized spacial score (nSPS) is 12.3. The van der Waals surface area contributed by atoms with Crippen LogP contribution in [0.1, 0.15) is 26.7 Å². The van der Waals surface area contributed by atoms with Crippen LogP contribution in [0.15, 0.2) is 67.7 Å². The van der Waals surface area contributed by atoms with Crippen molar-refractivity contribution in [3.8, 4) is 35.0 Å². The van der Waals surface area contributed by atoms with Gasteiger partial charge in [0.1, 0.15) is 36.5 Å². The molecule has 1 N–H and O–H groups in total. The summed E-state index contributed by atoms with van der Waals surface area (Å²) in [5.41, 5.74) is -2.16. The monoisotopic (exact) mass is 1120 g/mol. The van der Waals surface area contributed by atoms with Crippen molar-refractivity contribution in [3.63, 3.8) is 0 Å². The Morgan fingerprint density at radius 1 is 0.627 bits per heavy atom. The first kappa shape index (κ1) is 61.3. The van der Waals surface area contributed by atoms with Gasteiger partial charge in [0.2, 0.25) is 0 Å². The highest BCUT2D eigenvalue weighted by Crippen LogP contribution is 2.32. The van der Waals surface area contributed by atoms with Crippen LogP contribution in [-0.4, -0.2) is 101 Å². The number of aryl methyl sites for hydroxylation is 2. The minimum Gasteiger partial charge on any atom is -0.425 e. The van der Waals surface area contributed by atoms with Gasteiger partial charge in [-0.3, -0.25) is 41.6 Å². The van der Waals surface area contributed by atoms with Gasteiger partial charge in [-0.05, 0) is 49.2 Å². The van der Waals surface area contributed by atoms with Gasteiger partial charge in [0.25, 0.3) is 21.2 Å². The molecule has 0 aliphatic carbocycles. The number of imidazole rings is 2. The van der Waals surface area contributed by atoms with Gasteiger partial charge in [0.05, 0.1) is 12.9 Å². The first-order chi connectivity index (χ1) is 34.7. The van der Waals surface area contributed by atoms with Crippen LogP contribution in [0, 0.1) is 0 Å². The highest BCUT2D eigenvalue weighted by molar-refractivity contribution is 7.85. The number of alkyl halides is 6. The molecule has 30 heteroatoms. The molecule has 0 aliphatic heterocycles. The lowest BCUT2D eigenvalue weighted by atomic mass is 10.3. The fourth-order valence-electron chi connectivity index (χ4n) is 6.37. The van der Waals surface area contributed by atoms with E-state index in [1.54, 1.807) is 0 Å². The molecule has 75 heavy (non-hydrogen) atoms. The Labute approximate surface area is 428 Å². The average Bonchev–Trinajstić information content (AvgIpc) is 3.82. The molecule has 0 saturated carbocycles. The summed E-state index contributed by atoms with van der Waals surface area (Å²) in [5.74, 6) is -0.952. The van der Waals surface area contributed by atoms with Crippen LogP contribution >= 0.6 is 0 Å². The van der Waals surface area contributed by atoms with Gasteiger partial charge >= 0.3 is 36.1 Å². The van der Waals surface area contributed by atoms with Crippen molar-refractivity contribution in [3.05, 3.63) is 90.2 Å². The summed E-state index contributed by atoms with van der Waals surface area (Å²) in [7, 11) is -3.02. The Kier molecular flexibility index (Phi) is 20.9. The summed E-state index contributed by atoms with van der Waals surface area (Å²) in [5, 5.41) is 0. The number of hydrogen-bond acceptors (Lipinski definition) is 15. The molecule has 6 aromatic rings. The highest BCUT2D eigenvalue weighted by atomic mass is 32.2. The van der Waals surface area contributed by atoms with Gasteiger partial charge in [-0.15, -0.1) is 26.3 Å². The second-order valence-electron chi connectivity index (χ2n) is 19.1. The van der Waals surface area contributed by atoms with E-state index in [0.717, 1.165) is 58.2 Å². The predicted octanol–water partition coefficient (Wildman–Crippen LogP) is 8.11. The van der Waals surface area contributed by atoms with E-state index in [0.29, 0.717) is 26.2 Å². The lowest BCUT2D eigenvalue weighted by Crippen LogP contribution is -2.39. The van der Waals surface area contributed by atoms with Crippen molar-refractivity contribution < 1.29 is 67.4 Å². The Morgan fingerprint density at radius 3 is 1.47 bits per heavy atom. The summed E-state index contributed by atoms with van der Waals surface area (Å²) in [6.45, 7) is 18.1. The van der Waals surface area contributed by atoms with Crippen LogP contribution < -0.4 is 41.4 Å². The zero-order chi connectivity index (χ0) is 56.3. The number of rotatable bonds is 21. The fourth-order valence-corrected chi connectivity index (χ4v) is 8.35. The zero-order valence-electron chi connectivity index (χ0n) is 43.3. The zero-order valence-corrected chi connectivity index (χ0v) is 46.1. The van der Waals surface area contributed by atoms with Crippen molar-refractivity contribution in [1.29, 1.82) is 0 Å². The SMILES string of the molecule is CCCOS(C)(=O)=O.CCCn1c(=O)c2c(nc(Oc3cccc(OC(F)(F)F)c3)n2COCC[Si](C)(C)C)n(C)c1=O.Cn1c(=O)[nH]c(=O)c2c1nc(Oc1cccc(OC(F)(F)F)c1)n2COCC[Si](C)(C)C. The van der Waals surface area contributed by atoms with E-state index < -0.39 is 73.0 Å². The number of aromatic amines is 1. The first-order valence-electron chi connectivity index (χ1n) is 23.2. The molecule has 0 fully saturated rings. The van der Waals surface area contributed by atoms with E-state index in [1.165, 1.54) is 52.1 Å². The third-order valence-electron chi connectivity index (χ3n) is 10.0. The Bertz CT molecular complexity index is 3250. The third-order valence-corrected chi connectivity index (χ3v) is 14.1. The van der Waals surface area contributed by atoms with Crippen LogP contribution in [0.3, 0.4) is 0 Å². The minimum atomic E-state index is -4.86. The van der Waals surface area contributed by atoms with Crippen LogP contribution in [0.2, 0.25) is 51.4 Å². The van der Waals surface area contributed by atoms with Crippen LogP contribution in [0.25, 0.3) is 22.3 Å². The molecule has 0 spiro atoms. The van der Waals surface area contributed by atoms with E-state index in [1.807, 2.05) is 13.8 Å². The fraction of sp³-hybridized carbons (Fsp3) is 0.511. The van der Waals surface area contributed by atoms with Crippen LogP contribution in [-0.2, 0) is 57.9 Å². The maximum absolute atomic E-state index is 13.2. The lowest BCUT2D eigenvalue weighted by Gasteiger charge is -2.16. The Balaban J connectivity index is 0.000000284. The van der Waals surface area contributed by atoms with E-state index >= 15 is 0 Å². The Morgan fingerprint density at radius 2 is 1.07 bits per heavy atom. The number of aromatic nitrogens is 8. The average molecular weight is 1130 g/mol. The van der Waals surface area contributed by atoms with Gasteiger partial charge in [-0.2, -0.15) is 18.4 Å². The number of hydrogen-bond donors (Lipinski definition) is 1. The highest BCUT2D eigenvalue weighted by Gasteiger charge is 2.32. The molecule has 0 bridgehead atoms. The van der Waals surface area contributed by atoms with E-state index in [9.17, 15) is 53.9 Å². The van der Waals surface area contributed by atoms with Crippen molar-refractivity contribution in [2.75, 3.05) is 26.1 Å². The second-order valence-corrected chi connectivity index (χ2v) is 32.0. The van der Waals surface area contributed by atoms with Crippen molar-refractivity contribution in [1.82, 2.24) is 37.8 Å². The molecular weight excluding hydrogens is 1060 g/mol. The molecule has 4 aromatic heterocycles. The largest absolute Gasteiger partial charge is 0.573 e. The van der Waals surface area contributed by atoms with E-state index in [2.05, 4.69) is 67.9 Å². The number of nitrogens with one attached hydrogen (secondary N) is 1. The number of ether oxygens (including phenoxy) is 6. The van der Waals surface area contributed by atoms with Gasteiger partial charge in [-0.25, -0.2) is 9.59 Å². The van der Waals surface area contributed by atoms with E-state index in [4.69, 9.17) is 18.9 Å². The molecule has 0 saturated heterocycles. The number of nitrogens with zero attached hydrogens (tertiary/aromatic N) is 7. The second kappa shape index (κ2) is 25.5. The smallest absolute Gasteiger partial charge is 0.425 e. The molecule has 0 atom stereocenters. The minimum absolute atomic E-state index is 0.00397. The van der Waals surface area contributed by atoms with Crippen molar-refractivity contribution in [2.45, 2.75) is 111 Å². The standard InChI is InChI=1S/C22H29F3N4O5Si.C19H23F3N4O5Si.C4H10O3S/c1-6-10-28-19(30)17-18(27(2)21(28)31)26-20(29(17)14-32-11-12-35(3,4)5)33-15-8-7-9-16(13-15)34-22(23,24)25;1-25-15-14(16(27)24-17(25)28)26(11-29-8-9-32(2,3)4)18(23-15)30-12-6-5-7-13(10-12)31-19(20,21)22;1-3-4-7-8(2,5)6/h7-9,13H,6,10-12,14H2,1-5H3;5-7,10H,8-9,11H2,1-4H3,(H,24,27,28);3-4H2,1-2H3. The van der Waals surface area contributed by atoms with Gasteiger partial charge in [0, 0.05) is 62.1 Å². The lowest BCUT2D eigenvalue weighted by molar-refractivity contribution is -0.275. The van der Waals surface area contributed by atoms with Crippen molar-refractivity contribution in [2.24, 2.45) is 14.1 Å². The summed E-state index contributed by atoms with van der Waals surface area (Å²) in [6.07, 6.45) is -7.38. The van der Waals surface area contributed by atoms with Gasteiger partial charge in [0.15, 0.2) is 22.3 Å². The van der Waals surface area contributed by atoms with Crippen LogP contribution in [0.4, 0.5) is 26.3 Å². The number of benzene rings is 2. The van der Waals surface area contributed by atoms with Crippen LogP contribution in [0.5, 0.6) is 35.0 Å². The third kappa shape index (κ3) is 19.1. The molecule has 4 heterocycles. The first-order valence-corrected chi connectivity index (χ1v) is 32.4. The molecule has 0 unspecified atom stereocenters. The number of H-pyrrole nitrogens is 1. The molecular formula is C45H62F6N8O13SSi2. The molecule has 6 rings (SSSR count). The molecule has 0 aliphatic rings. The Hall–Kier alpha value is -6.22. The number of fused-ring (bicyclic) bond motifs is 2.